The zero-order chi connectivity index (χ0) is 11.5. The van der Waals surface area contributed by atoms with Gasteiger partial charge in [0.15, 0.2) is 0 Å². The minimum Gasteiger partial charge on any atom is -0.309 e. The number of pyridine rings is 1. The second-order valence-electron chi connectivity index (χ2n) is 4.44. The highest BCUT2D eigenvalue weighted by Crippen LogP contribution is 2.20. The molecule has 1 atom stereocenters. The zero-order valence-electron chi connectivity index (χ0n) is 9.68. The van der Waals surface area contributed by atoms with Gasteiger partial charge in [0.05, 0.1) is 11.9 Å². The largest absolute Gasteiger partial charge is 0.309 e. The van der Waals surface area contributed by atoms with Crippen molar-refractivity contribution in [3.05, 3.63) is 24.5 Å². The molecule has 1 saturated heterocycles. The summed E-state index contributed by atoms with van der Waals surface area (Å²) in [6.07, 6.45) is 4.02. The number of nitrogens with one attached hydrogen (secondary N) is 1. The van der Waals surface area contributed by atoms with Crippen molar-refractivity contribution in [3.8, 4) is 0 Å². The number of carbonyl (C=O) groups is 1. The monoisotopic (exact) mass is 219 g/mol. The average Bonchev–Trinajstić information content (AvgIpc) is 2.60. The topological polar surface area (TPSA) is 45.2 Å². The molecule has 1 fully saturated rings. The maximum atomic E-state index is 11.8. The van der Waals surface area contributed by atoms with Crippen molar-refractivity contribution in [2.45, 2.75) is 32.4 Å². The second-order valence-corrected chi connectivity index (χ2v) is 4.44. The fraction of sp³-hybridized carbons (Fsp3) is 0.500. The molecule has 86 valence electrons. The average molecular weight is 219 g/mol. The van der Waals surface area contributed by atoms with Crippen LogP contribution < -0.4 is 10.2 Å². The van der Waals surface area contributed by atoms with E-state index >= 15 is 0 Å². The van der Waals surface area contributed by atoms with Gasteiger partial charge in [0.2, 0.25) is 5.91 Å². The number of nitrogens with zero attached hydrogens (tertiary/aromatic N) is 2. The van der Waals surface area contributed by atoms with Gasteiger partial charge < -0.3 is 10.2 Å². The van der Waals surface area contributed by atoms with Crippen LogP contribution in [0.2, 0.25) is 0 Å². The summed E-state index contributed by atoms with van der Waals surface area (Å²) in [6.45, 7) is 4.93. The summed E-state index contributed by atoms with van der Waals surface area (Å²) in [4.78, 5) is 17.7. The number of rotatable bonds is 3. The first-order valence-electron chi connectivity index (χ1n) is 5.63. The fourth-order valence-corrected chi connectivity index (χ4v) is 2.05. The maximum Gasteiger partial charge on any atom is 0.228 e. The first-order valence-corrected chi connectivity index (χ1v) is 5.63. The van der Waals surface area contributed by atoms with Crippen LogP contribution in [0.4, 0.5) is 5.69 Å². The number of aromatic nitrogens is 1. The molecule has 0 radical (unpaired) electrons. The molecule has 0 saturated carbocycles. The molecule has 16 heavy (non-hydrogen) atoms. The van der Waals surface area contributed by atoms with E-state index < -0.39 is 0 Å². The molecular weight excluding hydrogens is 202 g/mol. The van der Waals surface area contributed by atoms with E-state index in [1.165, 1.54) is 0 Å². The third-order valence-corrected chi connectivity index (χ3v) is 2.65. The quantitative estimate of drug-likeness (QED) is 0.830. The Kier molecular flexibility index (Phi) is 3.19. The van der Waals surface area contributed by atoms with Crippen molar-refractivity contribution in [2.75, 3.05) is 11.4 Å². The molecule has 2 heterocycles. The summed E-state index contributed by atoms with van der Waals surface area (Å²) in [6, 6.07) is 4.44. The molecule has 1 aromatic heterocycles. The Labute approximate surface area is 95.7 Å². The molecule has 0 bridgehead atoms. The standard InChI is InChI=1S/C12H17N3O/c1-9(2)14-10-6-12(16)15(8-10)11-4-3-5-13-7-11/h3-5,7,9-10,14H,6,8H2,1-2H3. The van der Waals surface area contributed by atoms with Gasteiger partial charge in [-0.15, -0.1) is 0 Å². The Morgan fingerprint density at radius 2 is 2.38 bits per heavy atom. The Hall–Kier alpha value is -1.42. The molecular formula is C12H17N3O. The summed E-state index contributed by atoms with van der Waals surface area (Å²) in [5, 5.41) is 3.39. The van der Waals surface area contributed by atoms with Gasteiger partial charge in [0.25, 0.3) is 0 Å². The Morgan fingerprint density at radius 3 is 3.00 bits per heavy atom. The minimum absolute atomic E-state index is 0.172. The van der Waals surface area contributed by atoms with Gasteiger partial charge in [0.1, 0.15) is 0 Å². The smallest absolute Gasteiger partial charge is 0.228 e. The lowest BCUT2D eigenvalue weighted by Crippen LogP contribution is -2.37. The van der Waals surface area contributed by atoms with Gasteiger partial charge in [-0.3, -0.25) is 9.78 Å². The van der Waals surface area contributed by atoms with Crippen molar-refractivity contribution in [2.24, 2.45) is 0 Å². The van der Waals surface area contributed by atoms with Crippen molar-refractivity contribution in [1.29, 1.82) is 0 Å². The van der Waals surface area contributed by atoms with E-state index in [-0.39, 0.29) is 11.9 Å². The van der Waals surface area contributed by atoms with E-state index in [4.69, 9.17) is 0 Å². The zero-order valence-corrected chi connectivity index (χ0v) is 9.68. The second kappa shape index (κ2) is 4.61. The third-order valence-electron chi connectivity index (χ3n) is 2.65. The van der Waals surface area contributed by atoms with Crippen LogP contribution in [0.3, 0.4) is 0 Å². The van der Waals surface area contributed by atoms with Crippen LogP contribution in [-0.2, 0) is 4.79 Å². The van der Waals surface area contributed by atoms with Crippen LogP contribution in [-0.4, -0.2) is 29.5 Å². The van der Waals surface area contributed by atoms with E-state index in [1.807, 2.05) is 12.1 Å². The van der Waals surface area contributed by atoms with E-state index in [0.29, 0.717) is 12.5 Å². The molecule has 0 aromatic carbocycles. The van der Waals surface area contributed by atoms with Crippen molar-refractivity contribution in [1.82, 2.24) is 10.3 Å². The lowest BCUT2D eigenvalue weighted by molar-refractivity contribution is -0.117. The van der Waals surface area contributed by atoms with E-state index in [0.717, 1.165) is 12.2 Å². The first kappa shape index (κ1) is 11.1. The molecule has 1 aliphatic heterocycles. The summed E-state index contributed by atoms with van der Waals surface area (Å²) < 4.78 is 0. The Morgan fingerprint density at radius 1 is 1.56 bits per heavy atom. The summed E-state index contributed by atoms with van der Waals surface area (Å²) in [5.41, 5.74) is 0.889. The third kappa shape index (κ3) is 2.39. The minimum atomic E-state index is 0.172. The Bertz CT molecular complexity index is 364. The highest BCUT2D eigenvalue weighted by atomic mass is 16.2. The predicted octanol–water partition coefficient (Wildman–Crippen LogP) is 1.18. The van der Waals surface area contributed by atoms with Gasteiger partial charge in [-0.25, -0.2) is 0 Å². The van der Waals surface area contributed by atoms with Crippen molar-refractivity contribution < 1.29 is 4.79 Å². The van der Waals surface area contributed by atoms with Crippen LogP contribution in [0, 0.1) is 0 Å². The summed E-state index contributed by atoms with van der Waals surface area (Å²) >= 11 is 0. The van der Waals surface area contributed by atoms with E-state index in [9.17, 15) is 4.79 Å². The van der Waals surface area contributed by atoms with Gasteiger partial charge >= 0.3 is 0 Å². The fourth-order valence-electron chi connectivity index (χ4n) is 2.05. The van der Waals surface area contributed by atoms with Crippen LogP contribution in [0.5, 0.6) is 0 Å². The van der Waals surface area contributed by atoms with Gasteiger partial charge in [0, 0.05) is 31.2 Å². The van der Waals surface area contributed by atoms with E-state index in [2.05, 4.69) is 24.1 Å². The SMILES string of the molecule is CC(C)NC1CC(=O)N(c2cccnc2)C1. The molecule has 1 N–H and O–H groups in total. The normalized spacial score (nSPS) is 20.8. The Balaban J connectivity index is 2.06. The highest BCUT2D eigenvalue weighted by Gasteiger charge is 2.30. The number of anilines is 1. The van der Waals surface area contributed by atoms with Gasteiger partial charge in [-0.1, -0.05) is 13.8 Å². The lowest BCUT2D eigenvalue weighted by Gasteiger charge is -2.18. The number of hydrogen-bond donors (Lipinski definition) is 1. The molecule has 1 aromatic rings. The molecule has 0 aliphatic carbocycles. The van der Waals surface area contributed by atoms with Crippen molar-refractivity contribution in [3.63, 3.8) is 0 Å². The van der Waals surface area contributed by atoms with Crippen LogP contribution in [0.25, 0.3) is 0 Å². The molecule has 1 amide bonds. The molecule has 0 spiro atoms. The molecule has 4 nitrogen and oxygen atoms in total. The summed E-state index contributed by atoms with van der Waals surface area (Å²) in [5.74, 6) is 0.172. The number of amides is 1. The van der Waals surface area contributed by atoms with Gasteiger partial charge in [-0.2, -0.15) is 0 Å². The van der Waals surface area contributed by atoms with Crippen LogP contribution >= 0.6 is 0 Å². The number of hydrogen-bond acceptors (Lipinski definition) is 3. The molecule has 1 aliphatic rings. The molecule has 2 rings (SSSR count). The van der Waals surface area contributed by atoms with E-state index in [1.54, 1.807) is 17.3 Å². The first-order chi connectivity index (χ1) is 7.66. The van der Waals surface area contributed by atoms with Crippen LogP contribution in [0.1, 0.15) is 20.3 Å². The van der Waals surface area contributed by atoms with Crippen LogP contribution in [0.15, 0.2) is 24.5 Å². The van der Waals surface area contributed by atoms with Crippen molar-refractivity contribution >= 4 is 11.6 Å². The lowest BCUT2D eigenvalue weighted by atomic mass is 10.2. The molecule has 4 heteroatoms. The predicted molar refractivity (Wildman–Crippen MR) is 63.3 cm³/mol. The summed E-state index contributed by atoms with van der Waals surface area (Å²) in [7, 11) is 0. The highest BCUT2D eigenvalue weighted by molar-refractivity contribution is 5.96. The van der Waals surface area contributed by atoms with Gasteiger partial charge in [-0.05, 0) is 12.1 Å². The number of carbonyl (C=O) groups excluding carboxylic acids is 1. The molecule has 1 unspecified atom stereocenters. The maximum absolute atomic E-state index is 11.8.